The molecule has 0 saturated heterocycles. The Hall–Kier alpha value is 0.400. The van der Waals surface area contributed by atoms with Crippen LogP contribution < -0.4 is 0 Å². The average molecular weight is 238 g/mol. The fraction of sp³-hybridized carbons (Fsp3) is 1.00. The lowest BCUT2D eigenvalue weighted by molar-refractivity contribution is 0.126. The predicted octanol–water partition coefficient (Wildman–Crippen LogP) is 1.72. The molecule has 0 aliphatic rings. The van der Waals surface area contributed by atoms with E-state index in [9.17, 15) is 5.11 Å². The molecule has 0 fully saturated rings. The maximum Gasteiger partial charge on any atom is 0.0763 e. The van der Waals surface area contributed by atoms with E-state index >= 15 is 0 Å². The van der Waals surface area contributed by atoms with Gasteiger partial charge in [-0.25, -0.2) is 0 Å². The van der Waals surface area contributed by atoms with Crippen molar-refractivity contribution in [2.45, 2.75) is 26.9 Å². The fourth-order valence-electron chi connectivity index (χ4n) is 1.20. The zero-order valence-electron chi connectivity index (χ0n) is 8.26. The third-order valence-electron chi connectivity index (χ3n) is 1.72. The molecule has 1 N–H and O–H groups in total. The second kappa shape index (κ2) is 6.87. The quantitative estimate of drug-likeness (QED) is 0.712. The molecular weight excluding hydrogens is 218 g/mol. The van der Waals surface area contributed by atoms with Crippen LogP contribution in [0.15, 0.2) is 0 Å². The molecular formula is C9H20BrNO. The normalized spacial score (nSPS) is 14.2. The molecule has 1 unspecified atom stereocenters. The summed E-state index contributed by atoms with van der Waals surface area (Å²) in [4.78, 5) is 2.27. The van der Waals surface area contributed by atoms with Gasteiger partial charge >= 0.3 is 0 Å². The first-order valence-corrected chi connectivity index (χ1v) is 5.68. The minimum absolute atomic E-state index is 0.233. The summed E-state index contributed by atoms with van der Waals surface area (Å²) in [6.07, 6.45) is -0.233. The molecule has 0 spiro atoms. The molecule has 0 aliphatic heterocycles. The molecule has 12 heavy (non-hydrogen) atoms. The highest BCUT2D eigenvalue weighted by molar-refractivity contribution is 9.09. The molecule has 0 aromatic heterocycles. The summed E-state index contributed by atoms with van der Waals surface area (Å²) in [7, 11) is 0. The van der Waals surface area contributed by atoms with E-state index in [2.05, 4.69) is 41.6 Å². The molecule has 0 bridgehead atoms. The van der Waals surface area contributed by atoms with Crippen molar-refractivity contribution in [2.24, 2.45) is 5.92 Å². The standard InChI is InChI=1S/C9H20BrNO/c1-4-11(6-8(2)3)7-9(12)5-10/h8-9,12H,4-7H2,1-3H3. The summed E-state index contributed by atoms with van der Waals surface area (Å²) in [6.45, 7) is 9.39. The van der Waals surface area contributed by atoms with Crippen molar-refractivity contribution in [3.63, 3.8) is 0 Å². The van der Waals surface area contributed by atoms with E-state index in [0.29, 0.717) is 11.2 Å². The van der Waals surface area contributed by atoms with Gasteiger partial charge in [-0.15, -0.1) is 0 Å². The van der Waals surface area contributed by atoms with Gasteiger partial charge in [0.05, 0.1) is 6.10 Å². The van der Waals surface area contributed by atoms with Crippen molar-refractivity contribution in [1.29, 1.82) is 0 Å². The topological polar surface area (TPSA) is 23.5 Å². The molecule has 0 radical (unpaired) electrons. The molecule has 0 aliphatic carbocycles. The Morgan fingerprint density at radius 3 is 2.25 bits per heavy atom. The number of alkyl halides is 1. The Morgan fingerprint density at radius 2 is 1.92 bits per heavy atom. The predicted molar refractivity (Wildman–Crippen MR) is 56.8 cm³/mol. The van der Waals surface area contributed by atoms with E-state index < -0.39 is 0 Å². The van der Waals surface area contributed by atoms with E-state index in [4.69, 9.17) is 0 Å². The van der Waals surface area contributed by atoms with Crippen LogP contribution in [0.5, 0.6) is 0 Å². The van der Waals surface area contributed by atoms with Gasteiger partial charge in [0, 0.05) is 18.4 Å². The van der Waals surface area contributed by atoms with Crippen LogP contribution in [-0.2, 0) is 0 Å². The van der Waals surface area contributed by atoms with Gasteiger partial charge in [0.25, 0.3) is 0 Å². The van der Waals surface area contributed by atoms with Crippen molar-refractivity contribution in [2.75, 3.05) is 25.0 Å². The molecule has 1 atom stereocenters. The molecule has 3 heteroatoms. The van der Waals surface area contributed by atoms with Gasteiger partial charge in [-0.3, -0.25) is 0 Å². The summed E-state index contributed by atoms with van der Waals surface area (Å²) in [5.41, 5.74) is 0. The third kappa shape index (κ3) is 5.98. The van der Waals surface area contributed by atoms with Gasteiger partial charge in [-0.05, 0) is 12.5 Å². The summed E-state index contributed by atoms with van der Waals surface area (Å²) >= 11 is 3.26. The van der Waals surface area contributed by atoms with Crippen molar-refractivity contribution in [3.8, 4) is 0 Å². The summed E-state index contributed by atoms with van der Waals surface area (Å²) in [5, 5.41) is 10.1. The Labute approximate surface area is 84.1 Å². The highest BCUT2D eigenvalue weighted by Gasteiger charge is 2.09. The second-order valence-corrected chi connectivity index (χ2v) is 4.20. The van der Waals surface area contributed by atoms with Gasteiger partial charge in [-0.2, -0.15) is 0 Å². The number of nitrogens with zero attached hydrogens (tertiary/aromatic N) is 1. The first-order valence-electron chi connectivity index (χ1n) is 4.56. The molecule has 0 heterocycles. The maximum absolute atomic E-state index is 9.38. The summed E-state index contributed by atoms with van der Waals surface area (Å²) in [5.74, 6) is 0.674. The van der Waals surface area contributed by atoms with Gasteiger partial charge in [0.15, 0.2) is 0 Å². The van der Waals surface area contributed by atoms with Crippen LogP contribution in [0.4, 0.5) is 0 Å². The van der Waals surface area contributed by atoms with Crippen molar-refractivity contribution in [1.82, 2.24) is 4.90 Å². The van der Waals surface area contributed by atoms with Crippen LogP contribution in [0.1, 0.15) is 20.8 Å². The van der Waals surface area contributed by atoms with Crippen molar-refractivity contribution < 1.29 is 5.11 Å². The number of halogens is 1. The zero-order valence-corrected chi connectivity index (χ0v) is 9.84. The second-order valence-electron chi connectivity index (χ2n) is 3.55. The van der Waals surface area contributed by atoms with Crippen molar-refractivity contribution >= 4 is 15.9 Å². The molecule has 0 amide bonds. The molecule has 0 aromatic rings. The molecule has 0 rings (SSSR count). The number of aliphatic hydroxyl groups excluding tert-OH is 1. The Bertz CT molecular complexity index is 109. The Morgan fingerprint density at radius 1 is 1.33 bits per heavy atom. The first-order chi connectivity index (χ1) is 5.60. The van der Waals surface area contributed by atoms with Crippen LogP contribution in [0.3, 0.4) is 0 Å². The zero-order chi connectivity index (χ0) is 9.56. The van der Waals surface area contributed by atoms with E-state index in [1.165, 1.54) is 0 Å². The number of aliphatic hydroxyl groups is 1. The van der Waals surface area contributed by atoms with Gasteiger partial charge in [-0.1, -0.05) is 36.7 Å². The minimum atomic E-state index is -0.233. The SMILES string of the molecule is CCN(CC(C)C)CC(O)CBr. The molecule has 2 nitrogen and oxygen atoms in total. The van der Waals surface area contributed by atoms with Crippen LogP contribution in [-0.4, -0.2) is 41.1 Å². The van der Waals surface area contributed by atoms with E-state index in [0.717, 1.165) is 19.6 Å². The lowest BCUT2D eigenvalue weighted by atomic mass is 10.2. The largest absolute Gasteiger partial charge is 0.391 e. The average Bonchev–Trinajstić information content (AvgIpc) is 2.02. The van der Waals surface area contributed by atoms with E-state index in [1.54, 1.807) is 0 Å². The first kappa shape index (κ1) is 12.4. The van der Waals surface area contributed by atoms with Crippen molar-refractivity contribution in [3.05, 3.63) is 0 Å². The third-order valence-corrected chi connectivity index (χ3v) is 2.47. The summed E-state index contributed by atoms with van der Waals surface area (Å²) in [6, 6.07) is 0. The number of rotatable bonds is 6. The lowest BCUT2D eigenvalue weighted by Gasteiger charge is -2.24. The lowest BCUT2D eigenvalue weighted by Crippen LogP contribution is -2.35. The molecule has 0 saturated carbocycles. The van der Waals surface area contributed by atoms with E-state index in [-0.39, 0.29) is 6.10 Å². The van der Waals surface area contributed by atoms with Crippen LogP contribution >= 0.6 is 15.9 Å². The molecule has 74 valence electrons. The number of likely N-dealkylation sites (N-methyl/N-ethyl adjacent to an activating group) is 1. The smallest absolute Gasteiger partial charge is 0.0763 e. The number of hydrogen-bond donors (Lipinski definition) is 1. The fourth-order valence-corrected chi connectivity index (χ4v) is 1.40. The number of hydrogen-bond acceptors (Lipinski definition) is 2. The summed E-state index contributed by atoms with van der Waals surface area (Å²) < 4.78 is 0. The Balaban J connectivity index is 3.66. The Kier molecular flexibility index (Phi) is 7.10. The monoisotopic (exact) mass is 237 g/mol. The van der Waals surface area contributed by atoms with Gasteiger partial charge in [0.1, 0.15) is 0 Å². The van der Waals surface area contributed by atoms with Crippen LogP contribution in [0, 0.1) is 5.92 Å². The maximum atomic E-state index is 9.38. The molecule has 0 aromatic carbocycles. The van der Waals surface area contributed by atoms with Gasteiger partial charge < -0.3 is 10.0 Å². The highest BCUT2D eigenvalue weighted by Crippen LogP contribution is 2.01. The van der Waals surface area contributed by atoms with Crippen LogP contribution in [0.2, 0.25) is 0 Å². The van der Waals surface area contributed by atoms with E-state index in [1.807, 2.05) is 0 Å². The van der Waals surface area contributed by atoms with Crippen LogP contribution in [0.25, 0.3) is 0 Å². The minimum Gasteiger partial charge on any atom is -0.391 e. The highest BCUT2D eigenvalue weighted by atomic mass is 79.9. The van der Waals surface area contributed by atoms with Gasteiger partial charge in [0.2, 0.25) is 0 Å².